The van der Waals surface area contributed by atoms with E-state index >= 15 is 0 Å². The van der Waals surface area contributed by atoms with Gasteiger partial charge in [-0.2, -0.15) is 9.61 Å². The summed E-state index contributed by atoms with van der Waals surface area (Å²) in [4.78, 5) is 18.8. The van der Waals surface area contributed by atoms with Crippen molar-refractivity contribution in [1.82, 2.24) is 14.6 Å². The molecule has 1 aliphatic heterocycles. The fraction of sp³-hybridized carbons (Fsp3) is 0.594. The highest BCUT2D eigenvalue weighted by atomic mass is 16.4. The zero-order valence-electron chi connectivity index (χ0n) is 25.3. The molecule has 39 heavy (non-hydrogen) atoms. The van der Waals surface area contributed by atoms with Gasteiger partial charge in [-0.3, -0.25) is 4.79 Å². The van der Waals surface area contributed by atoms with Crippen LogP contribution in [0, 0.1) is 12.3 Å². The quantitative estimate of drug-likeness (QED) is 0.388. The number of aromatic nitrogens is 3. The lowest BCUT2D eigenvalue weighted by Crippen LogP contribution is -2.39. The van der Waals surface area contributed by atoms with Gasteiger partial charge in [0.25, 0.3) is 0 Å². The lowest BCUT2D eigenvalue weighted by atomic mass is 9.82. The summed E-state index contributed by atoms with van der Waals surface area (Å²) in [5.41, 5.74) is 7.03. The molecule has 0 saturated carbocycles. The molecule has 0 amide bonds. The van der Waals surface area contributed by atoms with Crippen molar-refractivity contribution in [2.75, 3.05) is 18.0 Å². The zero-order chi connectivity index (χ0) is 29.0. The number of hydrogen-bond acceptors (Lipinski definition) is 5. The number of aliphatic hydroxyl groups is 1. The number of fused-ring (bicyclic) bond motifs is 2. The molecule has 1 aliphatic carbocycles. The van der Waals surface area contributed by atoms with Crippen molar-refractivity contribution in [3.63, 3.8) is 0 Å². The van der Waals surface area contributed by atoms with E-state index in [4.69, 9.17) is 15.2 Å². The molecule has 3 heterocycles. The second kappa shape index (κ2) is 12.5. The smallest absolute Gasteiger partial charge is 0.308 e. The summed E-state index contributed by atoms with van der Waals surface area (Å²) in [6.07, 6.45) is 6.91. The molecule has 2 aliphatic rings. The van der Waals surface area contributed by atoms with Crippen LogP contribution in [0.3, 0.4) is 0 Å². The molecule has 2 aromatic heterocycles. The number of piperidine rings is 1. The summed E-state index contributed by atoms with van der Waals surface area (Å²) < 4.78 is 1.89. The van der Waals surface area contributed by atoms with E-state index in [0.29, 0.717) is 5.41 Å². The molecule has 7 heteroatoms. The van der Waals surface area contributed by atoms with Gasteiger partial charge in [0.1, 0.15) is 5.82 Å². The van der Waals surface area contributed by atoms with Crippen LogP contribution in [0.1, 0.15) is 96.5 Å². The molecule has 0 atom stereocenters. The number of anilines is 1. The number of aliphatic carboxylic acids is 1. The van der Waals surface area contributed by atoms with Crippen molar-refractivity contribution >= 4 is 17.4 Å². The Morgan fingerprint density at radius 1 is 1.03 bits per heavy atom. The van der Waals surface area contributed by atoms with E-state index in [9.17, 15) is 9.90 Å². The van der Waals surface area contributed by atoms with Crippen LogP contribution in [-0.2, 0) is 24.1 Å². The third-order valence-electron chi connectivity index (χ3n) is 7.27. The number of carboxylic acids is 1. The molecule has 7 nitrogen and oxygen atoms in total. The maximum absolute atomic E-state index is 11.7. The van der Waals surface area contributed by atoms with Crippen molar-refractivity contribution in [3.05, 3.63) is 46.6 Å². The Morgan fingerprint density at radius 2 is 1.62 bits per heavy atom. The first-order valence-electron chi connectivity index (χ1n) is 14.5. The summed E-state index contributed by atoms with van der Waals surface area (Å²) in [6, 6.07) is 8.74. The number of carbonyl (C=O) groups is 1. The van der Waals surface area contributed by atoms with E-state index in [1.807, 2.05) is 31.4 Å². The van der Waals surface area contributed by atoms with Crippen LogP contribution in [0.2, 0.25) is 0 Å². The van der Waals surface area contributed by atoms with Gasteiger partial charge in [-0.15, -0.1) is 0 Å². The highest BCUT2D eigenvalue weighted by Crippen LogP contribution is 2.35. The van der Waals surface area contributed by atoms with E-state index in [0.717, 1.165) is 72.8 Å². The van der Waals surface area contributed by atoms with E-state index in [1.54, 1.807) is 20.8 Å². The molecule has 1 fully saturated rings. The lowest BCUT2D eigenvalue weighted by Gasteiger charge is -2.38. The maximum atomic E-state index is 11.7. The third-order valence-corrected chi connectivity index (χ3v) is 7.27. The van der Waals surface area contributed by atoms with Gasteiger partial charge < -0.3 is 15.1 Å². The second-order valence-electron chi connectivity index (χ2n) is 12.4. The van der Waals surface area contributed by atoms with Gasteiger partial charge in [0, 0.05) is 36.0 Å². The Hall–Kier alpha value is -2.93. The lowest BCUT2D eigenvalue weighted by molar-refractivity contribution is -0.136. The number of rotatable bonds is 4. The Kier molecular flexibility index (Phi) is 9.81. The average molecular weight is 537 g/mol. The first-order chi connectivity index (χ1) is 18.3. The summed E-state index contributed by atoms with van der Waals surface area (Å²) in [7, 11) is 0. The van der Waals surface area contributed by atoms with Gasteiger partial charge in [0.15, 0.2) is 5.65 Å². The van der Waals surface area contributed by atoms with Crippen LogP contribution < -0.4 is 4.90 Å². The number of aryl methyl sites for hydroxylation is 3. The fourth-order valence-electron chi connectivity index (χ4n) is 5.18. The fourth-order valence-corrected chi connectivity index (χ4v) is 5.18. The molecule has 0 spiro atoms. The van der Waals surface area contributed by atoms with Crippen molar-refractivity contribution in [3.8, 4) is 11.3 Å². The minimum atomic E-state index is -0.838. The van der Waals surface area contributed by atoms with Crippen LogP contribution >= 0.6 is 0 Å². The van der Waals surface area contributed by atoms with Crippen LogP contribution in [0.5, 0.6) is 0 Å². The van der Waals surface area contributed by atoms with Crippen molar-refractivity contribution in [1.29, 1.82) is 0 Å². The van der Waals surface area contributed by atoms with Gasteiger partial charge in [0.05, 0.1) is 17.7 Å². The van der Waals surface area contributed by atoms with Gasteiger partial charge in [-0.1, -0.05) is 39.8 Å². The highest BCUT2D eigenvalue weighted by molar-refractivity contribution is 5.75. The van der Waals surface area contributed by atoms with Gasteiger partial charge >= 0.3 is 5.97 Å². The predicted molar refractivity (Wildman–Crippen MR) is 160 cm³/mol. The van der Waals surface area contributed by atoms with Crippen molar-refractivity contribution in [2.24, 2.45) is 5.41 Å². The number of carboxylic acid groups (broad SMARTS) is 1. The molecule has 214 valence electrons. The molecular weight excluding hydrogens is 488 g/mol. The van der Waals surface area contributed by atoms with E-state index in [1.165, 1.54) is 24.0 Å². The summed E-state index contributed by atoms with van der Waals surface area (Å²) in [5, 5.41) is 23.1. The number of hydrogen-bond donors (Lipinski definition) is 2. The van der Waals surface area contributed by atoms with Gasteiger partial charge in [-0.25, -0.2) is 4.98 Å². The molecule has 0 bridgehead atoms. The number of nitrogens with zero attached hydrogens (tertiary/aromatic N) is 4. The monoisotopic (exact) mass is 536 g/mol. The first-order valence-corrected chi connectivity index (χ1v) is 14.5. The molecule has 5 rings (SSSR count). The van der Waals surface area contributed by atoms with E-state index < -0.39 is 11.6 Å². The van der Waals surface area contributed by atoms with Crippen LogP contribution in [0.25, 0.3) is 16.9 Å². The summed E-state index contributed by atoms with van der Waals surface area (Å²) in [5.74, 6) is 0.0597. The zero-order valence-corrected chi connectivity index (χ0v) is 25.3. The molecule has 1 saturated heterocycles. The minimum Gasteiger partial charge on any atom is -0.481 e. The first kappa shape index (κ1) is 30.6. The van der Waals surface area contributed by atoms with E-state index in [2.05, 4.69) is 36.9 Å². The predicted octanol–water partition coefficient (Wildman–Crippen LogP) is 6.64. The topological polar surface area (TPSA) is 91.0 Å². The second-order valence-corrected chi connectivity index (χ2v) is 12.4. The van der Waals surface area contributed by atoms with Gasteiger partial charge in [0.2, 0.25) is 0 Å². The Balaban J connectivity index is 0.000000542. The standard InChI is InChI=1S/C26H32N4O2.C4H10O.C2H6/c1-17-21(15-24(31)32)25(29-12-10-26(2,3)11-13-29)30-23(27-17)16-22(28-30)20-9-8-18-6-4-5-7-19(18)14-20;1-4(2,3)5;1-2/h8-9,14,16H,4-7,10-13,15H2,1-3H3,(H,31,32);5H,1-3H3;1-2H3. The van der Waals surface area contributed by atoms with E-state index in [-0.39, 0.29) is 6.42 Å². The van der Waals surface area contributed by atoms with Crippen molar-refractivity contribution in [2.45, 2.75) is 106 Å². The Morgan fingerprint density at radius 3 is 2.21 bits per heavy atom. The summed E-state index contributed by atoms with van der Waals surface area (Å²) >= 11 is 0. The largest absolute Gasteiger partial charge is 0.481 e. The number of benzene rings is 1. The molecular formula is C32H48N4O3. The summed E-state index contributed by atoms with van der Waals surface area (Å²) in [6.45, 7) is 17.5. The average Bonchev–Trinajstić information content (AvgIpc) is 3.28. The molecule has 0 unspecified atom stereocenters. The molecule has 0 radical (unpaired) electrons. The highest BCUT2D eigenvalue weighted by Gasteiger charge is 2.29. The van der Waals surface area contributed by atoms with Crippen molar-refractivity contribution < 1.29 is 15.0 Å². The van der Waals surface area contributed by atoms with Crippen LogP contribution in [0.15, 0.2) is 24.3 Å². The SMILES string of the molecule is CC.CC(C)(C)O.Cc1nc2cc(-c3ccc4c(c3)CCCC4)nn2c(N2CCC(C)(C)CC2)c1CC(=O)O. The van der Waals surface area contributed by atoms with Crippen LogP contribution in [-0.4, -0.2) is 49.5 Å². The minimum absolute atomic E-state index is 0.0436. The molecule has 3 aromatic rings. The Labute approximate surface area is 234 Å². The Bertz CT molecular complexity index is 1270. The van der Waals surface area contributed by atoms with Gasteiger partial charge in [-0.05, 0) is 88.8 Å². The van der Waals surface area contributed by atoms with Crippen LogP contribution in [0.4, 0.5) is 5.82 Å². The maximum Gasteiger partial charge on any atom is 0.308 e. The third kappa shape index (κ3) is 8.04. The normalized spacial score (nSPS) is 16.5. The molecule has 1 aromatic carbocycles. The molecule has 2 N–H and O–H groups in total.